The lowest BCUT2D eigenvalue weighted by Crippen LogP contribution is -2.29. The minimum atomic E-state index is -0.306. The smallest absolute Gasteiger partial charge is 0.271 e. The maximum absolute atomic E-state index is 13.6. The van der Waals surface area contributed by atoms with E-state index in [1.54, 1.807) is 11.0 Å². The summed E-state index contributed by atoms with van der Waals surface area (Å²) >= 11 is 13.0. The van der Waals surface area contributed by atoms with Gasteiger partial charge in [-0.05, 0) is 36.2 Å². The van der Waals surface area contributed by atoms with Gasteiger partial charge < -0.3 is 4.90 Å². The standard InChI is InChI=1S/C25H17ClN2O2S2/c1-15-11-12-17(13-19(15)26)28-24(30)22(32-25(28)31)21-18-9-5-6-10-20(18)27(23(21)29)14-16-7-3-2-4-8-16/h2-13H,14H2,1H3. The molecular weight excluding hydrogens is 460 g/mol. The fourth-order valence-electron chi connectivity index (χ4n) is 3.88. The summed E-state index contributed by atoms with van der Waals surface area (Å²) in [6.45, 7) is 2.32. The molecule has 2 amide bonds. The monoisotopic (exact) mass is 476 g/mol. The summed E-state index contributed by atoms with van der Waals surface area (Å²) in [6, 6.07) is 22.7. The maximum Gasteiger partial charge on any atom is 0.271 e. The molecule has 0 bridgehead atoms. The van der Waals surface area contributed by atoms with Gasteiger partial charge in [-0.2, -0.15) is 0 Å². The number of hydrogen-bond acceptors (Lipinski definition) is 4. The topological polar surface area (TPSA) is 40.6 Å². The predicted molar refractivity (Wildman–Crippen MR) is 135 cm³/mol. The third-order valence-corrected chi connectivity index (χ3v) is 7.30. The van der Waals surface area contributed by atoms with E-state index >= 15 is 0 Å². The van der Waals surface area contributed by atoms with Gasteiger partial charge >= 0.3 is 0 Å². The highest BCUT2D eigenvalue weighted by Crippen LogP contribution is 2.46. The molecule has 0 radical (unpaired) electrons. The van der Waals surface area contributed by atoms with Crippen molar-refractivity contribution in [3.05, 3.63) is 99.4 Å². The number of anilines is 2. The molecule has 158 valence electrons. The SMILES string of the molecule is Cc1ccc(N2C(=O)C(=C3C(=O)N(Cc4ccccc4)c4ccccc43)SC2=S)cc1Cl. The number of carbonyl (C=O) groups is 2. The van der Waals surface area contributed by atoms with Crippen LogP contribution in [-0.2, 0) is 16.1 Å². The molecule has 2 aliphatic heterocycles. The lowest BCUT2D eigenvalue weighted by molar-refractivity contribution is -0.115. The van der Waals surface area contributed by atoms with Gasteiger partial charge in [-0.15, -0.1) is 0 Å². The number of hydrogen-bond donors (Lipinski definition) is 0. The molecule has 4 nitrogen and oxygen atoms in total. The molecule has 0 aliphatic carbocycles. The second-order valence-electron chi connectivity index (χ2n) is 7.54. The first kappa shape index (κ1) is 20.9. The molecule has 3 aromatic carbocycles. The van der Waals surface area contributed by atoms with E-state index < -0.39 is 0 Å². The summed E-state index contributed by atoms with van der Waals surface area (Å²) in [5.41, 5.74) is 4.46. The lowest BCUT2D eigenvalue weighted by atomic mass is 10.1. The van der Waals surface area contributed by atoms with Crippen LogP contribution in [0.3, 0.4) is 0 Å². The molecule has 2 aliphatic rings. The number of aryl methyl sites for hydroxylation is 1. The van der Waals surface area contributed by atoms with E-state index in [1.165, 1.54) is 4.90 Å². The van der Waals surface area contributed by atoms with Crippen molar-refractivity contribution in [1.82, 2.24) is 0 Å². The highest BCUT2D eigenvalue weighted by molar-refractivity contribution is 8.27. The van der Waals surface area contributed by atoms with Crippen molar-refractivity contribution in [3.63, 3.8) is 0 Å². The van der Waals surface area contributed by atoms with Gasteiger partial charge in [-0.1, -0.05) is 90.2 Å². The van der Waals surface area contributed by atoms with Crippen LogP contribution in [0.25, 0.3) is 5.57 Å². The first-order valence-corrected chi connectivity index (χ1v) is 11.6. The van der Waals surface area contributed by atoms with Gasteiger partial charge in [0.1, 0.15) is 0 Å². The molecule has 0 spiro atoms. The van der Waals surface area contributed by atoms with Crippen LogP contribution in [0.15, 0.2) is 77.7 Å². The first-order valence-electron chi connectivity index (χ1n) is 9.97. The molecule has 2 heterocycles. The zero-order valence-corrected chi connectivity index (χ0v) is 19.4. The Morgan fingerprint density at radius 1 is 0.938 bits per heavy atom. The van der Waals surface area contributed by atoms with Gasteiger partial charge in [0, 0.05) is 10.6 Å². The quantitative estimate of drug-likeness (QED) is 0.345. The molecule has 7 heteroatoms. The number of benzene rings is 3. The number of thioether (sulfide) groups is 1. The second-order valence-corrected chi connectivity index (χ2v) is 9.59. The van der Waals surface area contributed by atoms with Crippen molar-refractivity contribution in [2.45, 2.75) is 13.5 Å². The van der Waals surface area contributed by atoms with E-state index in [4.69, 9.17) is 23.8 Å². The highest BCUT2D eigenvalue weighted by Gasteiger charge is 2.42. The fourth-order valence-corrected chi connectivity index (χ4v) is 5.43. The van der Waals surface area contributed by atoms with Crippen LogP contribution in [0, 0.1) is 6.92 Å². The molecule has 32 heavy (non-hydrogen) atoms. The zero-order valence-electron chi connectivity index (χ0n) is 17.0. The minimum Gasteiger partial charge on any atom is -0.303 e. The highest BCUT2D eigenvalue weighted by atomic mass is 35.5. The molecule has 0 aromatic heterocycles. The maximum atomic E-state index is 13.6. The Morgan fingerprint density at radius 3 is 2.41 bits per heavy atom. The van der Waals surface area contributed by atoms with E-state index in [0.29, 0.717) is 32.1 Å². The normalized spacial score (nSPS) is 18.0. The number of carbonyl (C=O) groups excluding carboxylic acids is 2. The number of amides is 2. The van der Waals surface area contributed by atoms with E-state index in [1.807, 2.05) is 73.7 Å². The van der Waals surface area contributed by atoms with Crippen molar-refractivity contribution >= 4 is 68.7 Å². The van der Waals surface area contributed by atoms with E-state index in [9.17, 15) is 9.59 Å². The Bertz CT molecular complexity index is 1320. The van der Waals surface area contributed by atoms with Crippen LogP contribution in [0.4, 0.5) is 11.4 Å². The van der Waals surface area contributed by atoms with Gasteiger partial charge in [0.2, 0.25) is 0 Å². The summed E-state index contributed by atoms with van der Waals surface area (Å²) in [4.78, 5) is 30.5. The van der Waals surface area contributed by atoms with E-state index in [-0.39, 0.29) is 11.8 Å². The van der Waals surface area contributed by atoms with Crippen LogP contribution < -0.4 is 9.80 Å². The summed E-state index contributed by atoms with van der Waals surface area (Å²) in [5, 5.41) is 0.556. The number of rotatable bonds is 3. The third-order valence-electron chi connectivity index (χ3n) is 5.52. The number of nitrogens with zero attached hydrogens (tertiary/aromatic N) is 2. The van der Waals surface area contributed by atoms with Crippen molar-refractivity contribution in [1.29, 1.82) is 0 Å². The van der Waals surface area contributed by atoms with Crippen molar-refractivity contribution in [2.75, 3.05) is 9.80 Å². The summed E-state index contributed by atoms with van der Waals surface area (Å²) in [5.74, 6) is -0.503. The van der Waals surface area contributed by atoms with Gasteiger partial charge in [-0.3, -0.25) is 14.5 Å². The molecule has 0 unspecified atom stereocenters. The molecule has 5 rings (SSSR count). The second kappa shape index (κ2) is 8.20. The zero-order chi connectivity index (χ0) is 22.4. The molecule has 1 fully saturated rings. The van der Waals surface area contributed by atoms with Crippen LogP contribution >= 0.6 is 35.6 Å². The minimum absolute atomic E-state index is 0.197. The van der Waals surface area contributed by atoms with Gasteiger partial charge in [0.05, 0.1) is 28.4 Å². The summed E-state index contributed by atoms with van der Waals surface area (Å²) < 4.78 is 0.379. The van der Waals surface area contributed by atoms with Gasteiger partial charge in [0.15, 0.2) is 4.32 Å². The Labute approximate surface area is 200 Å². The van der Waals surface area contributed by atoms with Crippen molar-refractivity contribution in [3.8, 4) is 0 Å². The molecule has 3 aromatic rings. The van der Waals surface area contributed by atoms with Crippen LogP contribution in [0.1, 0.15) is 16.7 Å². The molecule has 0 saturated carbocycles. The number of halogens is 1. The van der Waals surface area contributed by atoms with Gasteiger partial charge in [-0.25, -0.2) is 0 Å². The van der Waals surface area contributed by atoms with Crippen molar-refractivity contribution < 1.29 is 9.59 Å². The Morgan fingerprint density at radius 2 is 1.66 bits per heavy atom. The number of para-hydroxylation sites is 1. The number of fused-ring (bicyclic) bond motifs is 1. The predicted octanol–water partition coefficient (Wildman–Crippen LogP) is 5.97. The van der Waals surface area contributed by atoms with Crippen LogP contribution in [-0.4, -0.2) is 16.1 Å². The van der Waals surface area contributed by atoms with Crippen LogP contribution in [0.2, 0.25) is 5.02 Å². The largest absolute Gasteiger partial charge is 0.303 e. The molecule has 1 saturated heterocycles. The first-order chi connectivity index (χ1) is 15.5. The van der Waals surface area contributed by atoms with Crippen LogP contribution in [0.5, 0.6) is 0 Å². The van der Waals surface area contributed by atoms with E-state index in [0.717, 1.165) is 34.1 Å². The van der Waals surface area contributed by atoms with Crippen molar-refractivity contribution in [2.24, 2.45) is 0 Å². The number of thiocarbonyl (C=S) groups is 1. The Hall–Kier alpha value is -2.93. The Kier molecular flexibility index (Phi) is 5.37. The van der Waals surface area contributed by atoms with Gasteiger partial charge in [0.25, 0.3) is 11.8 Å². The fraction of sp³-hybridized carbons (Fsp3) is 0.0800. The van der Waals surface area contributed by atoms with E-state index in [2.05, 4.69) is 0 Å². The average molecular weight is 477 g/mol. The lowest BCUT2D eigenvalue weighted by Gasteiger charge is -2.17. The Balaban J connectivity index is 1.58. The summed E-state index contributed by atoms with van der Waals surface area (Å²) in [6.07, 6.45) is 0. The third kappa shape index (κ3) is 3.45. The molecule has 0 N–H and O–H groups in total. The average Bonchev–Trinajstić information content (AvgIpc) is 3.23. The molecule has 0 atom stereocenters. The summed E-state index contributed by atoms with van der Waals surface area (Å²) in [7, 11) is 0. The molecular formula is C25H17ClN2O2S2.